The predicted octanol–water partition coefficient (Wildman–Crippen LogP) is 3.31. The van der Waals surface area contributed by atoms with E-state index in [-0.39, 0.29) is 94.1 Å². The molecule has 3 aromatic rings. The number of ketones is 1. The number of piperidine rings is 1. The van der Waals surface area contributed by atoms with E-state index in [9.17, 15) is 59.4 Å². The molecule has 124 heavy (non-hydrogen) atoms. The number of hydrogen-bond donors (Lipinski definition) is 11. The molecule has 0 saturated carbocycles. The highest BCUT2D eigenvalue weighted by atomic mass is 32.2. The standard InChI is InChI=1S/C89H135N11O23S/c1-20-65-89(13,116)74(105)50(5)68(48(3)44-87(11,115)76(123-84-72(104)60(97(16)17)41-49(4)118-84)51(6)73(52(7)82(112)121-65)122-67-45-88(12,117-19)75(106)54(9)119-67)92-38-37-90-66(103)35-40-124-47-57-46-100-61(43-64(57)102)77(107)94-70(56-27-23-22-24-28-56)83(113)120-53(8)69(93-78(108)71-63(101)30-25-36-91-71)79(109)95-86(10,21-2)85(114)99-39-26-29-59(99)80(110)98(18)62(81(100)111)42-55-31-33-58(34-32-55)96(14)15/h22-25,27-28,30-34,36,48-54,57,59-62,65,67-70,72-76,84,92,101,104-106,115-116H,20-21,26,29,35,37-47H2,1-19H3,(H,90,103)(H,93,108)(H,94,107)(H,95,109)/t48-,49?,50+,51?,52-,53-,54?,57?,59+,60?,61+,62+,65-,67?,68+,69+,70+,72?,73+,74-,75?,76?,84?,86+,87-,88?,89-/m1/s1. The third kappa shape index (κ3) is 23.3. The number of carbonyl (C=O) groups excluding carboxylic acids is 10. The van der Waals surface area contributed by atoms with Crippen molar-refractivity contribution >= 4 is 76.5 Å². The minimum atomic E-state index is -2.08. The number of nitrogens with zero attached hydrogens (tertiary/aromatic N) is 6. The molecular formula is C89H135N11O23S. The van der Waals surface area contributed by atoms with Gasteiger partial charge in [-0.1, -0.05) is 77.1 Å². The molecule has 34 nitrogen and oxygen atoms in total. The van der Waals surface area contributed by atoms with Crippen LogP contribution in [0, 0.1) is 29.6 Å². The van der Waals surface area contributed by atoms with Crippen LogP contribution in [0.2, 0.25) is 0 Å². The second kappa shape index (κ2) is 42.7. The first-order chi connectivity index (χ1) is 58.3. The number of methoxy groups -OCH3 is 1. The molecule has 1 aromatic heterocycles. The fraction of sp³-hybridized carbons (Fsp3) is 0.697. The number of Topliss-reactive ketones (excluding diaryl/α,β-unsaturated/α-hetero) is 1. The van der Waals surface area contributed by atoms with Crippen molar-refractivity contribution in [3.05, 3.63) is 89.7 Å². The number of anilines is 1. The molecule has 35 heteroatoms. The number of rotatable bonds is 23. The van der Waals surface area contributed by atoms with Gasteiger partial charge in [-0.05, 0) is 149 Å². The lowest BCUT2D eigenvalue weighted by molar-refractivity contribution is -0.318. The number of likely N-dealkylation sites (N-methyl/N-ethyl adjacent to an activating group) is 2. The SMILES string of the molecule is CC[C@H]1OC(=O)[C@H](C)[C@@H](OC2CC(C)(OC)C(O)C(C)O2)C(C)C(OC2OC(C)CC(N(C)C)C2O)[C@](C)(O)C[C@@H](C)[C@H](NCCNC(=O)CCSCC2CN3C(=O)[C@H](Cc4ccc(N(C)C)cc4)N(C)C(=O)[C@@H]4CCCN4C(=O)[C@](C)(CC)NC(=O)[C@@H](NC(=O)c4ncccc4O)[C@@H](C)OC(=O)[C@H](c4ccccc4)NC(=O)[C@@H]3CC2=O)[C@H](C)[C@@H](O)[C@]1(C)O. The third-order valence-electron chi connectivity index (χ3n) is 26.3. The van der Waals surface area contributed by atoms with Gasteiger partial charge < -0.3 is 115 Å². The molecule has 6 saturated heterocycles. The molecule has 27 atom stereocenters. The van der Waals surface area contributed by atoms with Gasteiger partial charge in [-0.15, -0.1) is 0 Å². The van der Waals surface area contributed by atoms with Gasteiger partial charge in [-0.2, -0.15) is 11.8 Å². The maximum Gasteiger partial charge on any atom is 0.333 e. The zero-order chi connectivity index (χ0) is 91.5. The summed E-state index contributed by atoms with van der Waals surface area (Å²) >= 11 is 1.25. The zero-order valence-electron chi connectivity index (χ0n) is 75.2. The number of nitrogens with one attached hydrogen (secondary N) is 5. The number of thioether (sulfide) groups is 1. The van der Waals surface area contributed by atoms with E-state index >= 15 is 19.2 Å². The molecule has 11 unspecified atom stereocenters. The summed E-state index contributed by atoms with van der Waals surface area (Å²) in [5, 5.41) is 86.8. The first-order valence-corrected chi connectivity index (χ1v) is 44.6. The number of aromatic nitrogens is 1. The molecule has 6 aliphatic rings. The molecule has 6 fully saturated rings. The third-order valence-corrected chi connectivity index (χ3v) is 27.4. The molecule has 7 amide bonds. The second-order valence-electron chi connectivity index (χ2n) is 36.1. The lowest BCUT2D eigenvalue weighted by Gasteiger charge is -2.49. The number of cyclic esters (lactones) is 2. The number of aliphatic hydroxyl groups excluding tert-OH is 3. The lowest BCUT2D eigenvalue weighted by atomic mass is 9.72. The van der Waals surface area contributed by atoms with Gasteiger partial charge in [0.25, 0.3) is 5.91 Å². The smallest absolute Gasteiger partial charge is 0.333 e. The molecule has 0 bridgehead atoms. The Morgan fingerprint density at radius 3 is 2.10 bits per heavy atom. The fourth-order valence-electron chi connectivity index (χ4n) is 18.5. The van der Waals surface area contributed by atoms with Crippen LogP contribution < -0.4 is 31.5 Å². The summed E-state index contributed by atoms with van der Waals surface area (Å²) in [5.74, 6) is -12.7. The molecule has 7 heterocycles. The number of benzene rings is 2. The largest absolute Gasteiger partial charge is 0.505 e. The number of amides is 7. The molecular weight excluding hydrogens is 1620 g/mol. The number of carbonyl (C=O) groups is 10. The van der Waals surface area contributed by atoms with Crippen molar-refractivity contribution in [3.8, 4) is 5.75 Å². The lowest BCUT2D eigenvalue weighted by Crippen LogP contribution is -2.65. The van der Waals surface area contributed by atoms with E-state index < -0.39 is 233 Å². The van der Waals surface area contributed by atoms with E-state index in [1.165, 1.54) is 91.9 Å². The molecule has 11 N–H and O–H groups in total. The zero-order valence-corrected chi connectivity index (χ0v) is 76.1. The van der Waals surface area contributed by atoms with Crippen LogP contribution in [-0.2, 0) is 82.7 Å². The van der Waals surface area contributed by atoms with Gasteiger partial charge in [-0.3, -0.25) is 43.2 Å². The first kappa shape index (κ1) is 99.7. The van der Waals surface area contributed by atoms with Crippen molar-refractivity contribution in [2.75, 3.05) is 84.9 Å². The molecule has 0 aliphatic carbocycles. The maximum absolute atomic E-state index is 16.2. The Labute approximate surface area is 732 Å². The summed E-state index contributed by atoms with van der Waals surface area (Å²) in [7, 11) is 10.3. The van der Waals surface area contributed by atoms with Gasteiger partial charge >= 0.3 is 11.9 Å². The van der Waals surface area contributed by atoms with Crippen molar-refractivity contribution < 1.29 is 112 Å². The van der Waals surface area contributed by atoms with Crippen molar-refractivity contribution in [2.24, 2.45) is 29.6 Å². The highest BCUT2D eigenvalue weighted by Crippen LogP contribution is 2.43. The summed E-state index contributed by atoms with van der Waals surface area (Å²) in [6, 6.07) is 8.89. The summed E-state index contributed by atoms with van der Waals surface area (Å²) in [4.78, 5) is 162. The minimum absolute atomic E-state index is 0.0197. The van der Waals surface area contributed by atoms with Gasteiger partial charge in [0.15, 0.2) is 24.3 Å². The van der Waals surface area contributed by atoms with Crippen LogP contribution in [0.4, 0.5) is 5.69 Å². The second-order valence-corrected chi connectivity index (χ2v) is 37.3. The van der Waals surface area contributed by atoms with Crippen molar-refractivity contribution in [1.82, 2.24) is 51.2 Å². The fourth-order valence-corrected chi connectivity index (χ4v) is 19.5. The van der Waals surface area contributed by atoms with E-state index in [4.69, 9.17) is 33.2 Å². The Balaban J connectivity index is 0.965. The number of ether oxygens (including phenoxy) is 7. The van der Waals surface area contributed by atoms with E-state index in [0.29, 0.717) is 18.4 Å². The summed E-state index contributed by atoms with van der Waals surface area (Å²) < 4.78 is 44.5. The van der Waals surface area contributed by atoms with Crippen LogP contribution in [0.5, 0.6) is 5.75 Å². The summed E-state index contributed by atoms with van der Waals surface area (Å²) in [5.41, 5.74) is -5.75. The van der Waals surface area contributed by atoms with E-state index in [1.807, 2.05) is 64.0 Å². The number of aromatic hydroxyl groups is 1. The van der Waals surface area contributed by atoms with Crippen LogP contribution in [0.3, 0.4) is 0 Å². The molecule has 0 radical (unpaired) electrons. The Kier molecular flexibility index (Phi) is 34.4. The first-order valence-electron chi connectivity index (χ1n) is 43.4. The number of fused-ring (bicyclic) bond motifs is 2. The molecule has 0 spiro atoms. The number of esters is 2. The highest BCUT2D eigenvalue weighted by Gasteiger charge is 2.56. The van der Waals surface area contributed by atoms with E-state index in [0.717, 1.165) is 5.69 Å². The number of hydrogen-bond acceptors (Lipinski definition) is 28. The molecule has 690 valence electrons. The Hall–Kier alpha value is -8.04. The van der Waals surface area contributed by atoms with E-state index in [1.54, 1.807) is 85.7 Å². The highest BCUT2D eigenvalue weighted by molar-refractivity contribution is 7.99. The van der Waals surface area contributed by atoms with Crippen LogP contribution in [0.15, 0.2) is 72.9 Å². The normalized spacial score (nSPS) is 36.2. The van der Waals surface area contributed by atoms with Crippen LogP contribution in [0.1, 0.15) is 175 Å². The topological polar surface area (TPSA) is 446 Å². The number of aliphatic hydroxyl groups is 5. The Morgan fingerprint density at radius 1 is 0.774 bits per heavy atom. The van der Waals surface area contributed by atoms with E-state index in [2.05, 4.69) is 31.6 Å². The predicted molar refractivity (Wildman–Crippen MR) is 459 cm³/mol. The van der Waals surface area contributed by atoms with Gasteiger partial charge in [0.1, 0.15) is 71.3 Å². The average molecular weight is 1760 g/mol. The summed E-state index contributed by atoms with van der Waals surface area (Å²) in [6.07, 6.45) is -11.4. The monoisotopic (exact) mass is 1760 g/mol. The van der Waals surface area contributed by atoms with Gasteiger partial charge in [-0.25, -0.2) is 9.78 Å². The van der Waals surface area contributed by atoms with Gasteiger partial charge in [0.2, 0.25) is 35.4 Å². The van der Waals surface area contributed by atoms with Crippen LogP contribution >= 0.6 is 11.8 Å². The van der Waals surface area contributed by atoms with Crippen molar-refractivity contribution in [3.63, 3.8) is 0 Å². The maximum atomic E-state index is 16.2. The van der Waals surface area contributed by atoms with Crippen molar-refractivity contribution in [1.29, 1.82) is 0 Å². The Bertz CT molecular complexity index is 4170. The minimum Gasteiger partial charge on any atom is -0.505 e. The molecule has 9 rings (SSSR count). The van der Waals surface area contributed by atoms with Crippen molar-refractivity contribution in [2.45, 2.75) is 286 Å². The van der Waals surface area contributed by atoms with Gasteiger partial charge in [0, 0.05) is 133 Å². The average Bonchev–Trinajstić information content (AvgIpc) is 0.902. The van der Waals surface area contributed by atoms with Gasteiger partial charge in [0.05, 0.1) is 47.6 Å². The van der Waals surface area contributed by atoms with Crippen LogP contribution in [0.25, 0.3) is 0 Å². The molecule has 6 aliphatic heterocycles. The quantitative estimate of drug-likeness (QED) is 0.0479. The summed E-state index contributed by atoms with van der Waals surface area (Å²) in [6.45, 7) is 21.1. The Morgan fingerprint density at radius 2 is 1.46 bits per heavy atom. The number of pyridine rings is 1. The van der Waals surface area contributed by atoms with Crippen LogP contribution in [-0.4, -0.2) is 320 Å². The molecule has 2 aromatic carbocycles.